The number of carbonyl (C=O) groups is 2. The summed E-state index contributed by atoms with van der Waals surface area (Å²) in [6, 6.07) is 6.82. The van der Waals surface area contributed by atoms with Gasteiger partial charge in [0.25, 0.3) is 0 Å². The van der Waals surface area contributed by atoms with E-state index in [0.717, 1.165) is 0 Å². The number of hydrogen-bond donors (Lipinski definition) is 3. The maximum atomic E-state index is 11.6. The van der Waals surface area contributed by atoms with Crippen LogP contribution in [0.25, 0.3) is 0 Å². The SMILES string of the molecule is CC(C)(C)NC(=O)CNCC(=O)Nc1ccc(Cl)cc1. The fraction of sp³-hybridized carbons (Fsp3) is 0.429. The first-order valence-corrected chi connectivity index (χ1v) is 6.71. The van der Waals surface area contributed by atoms with Gasteiger partial charge in [0.1, 0.15) is 0 Å². The van der Waals surface area contributed by atoms with Crippen molar-refractivity contribution < 1.29 is 9.59 Å². The Morgan fingerprint density at radius 2 is 1.60 bits per heavy atom. The van der Waals surface area contributed by atoms with Crippen molar-refractivity contribution in [2.75, 3.05) is 18.4 Å². The van der Waals surface area contributed by atoms with Crippen LogP contribution in [0.2, 0.25) is 5.02 Å². The van der Waals surface area contributed by atoms with Crippen LogP contribution in [0.5, 0.6) is 0 Å². The zero-order chi connectivity index (χ0) is 15.2. The van der Waals surface area contributed by atoms with Crippen LogP contribution < -0.4 is 16.0 Å². The fourth-order valence-electron chi connectivity index (χ4n) is 1.49. The Kier molecular flexibility index (Phi) is 5.98. The van der Waals surface area contributed by atoms with Gasteiger partial charge in [-0.1, -0.05) is 11.6 Å². The number of nitrogens with one attached hydrogen (secondary N) is 3. The van der Waals surface area contributed by atoms with Gasteiger partial charge in [-0.05, 0) is 45.0 Å². The number of hydrogen-bond acceptors (Lipinski definition) is 3. The number of benzene rings is 1. The van der Waals surface area contributed by atoms with Gasteiger partial charge in [0.2, 0.25) is 11.8 Å². The molecule has 20 heavy (non-hydrogen) atoms. The summed E-state index contributed by atoms with van der Waals surface area (Å²) in [5.74, 6) is -0.354. The van der Waals surface area contributed by atoms with Gasteiger partial charge in [0, 0.05) is 16.2 Å². The molecular formula is C14H20ClN3O2. The summed E-state index contributed by atoms with van der Waals surface area (Å²) in [6.45, 7) is 5.87. The Bertz CT molecular complexity index is 466. The van der Waals surface area contributed by atoms with Crippen molar-refractivity contribution in [2.24, 2.45) is 0 Å². The van der Waals surface area contributed by atoms with Crippen molar-refractivity contribution in [1.82, 2.24) is 10.6 Å². The summed E-state index contributed by atoms with van der Waals surface area (Å²) in [5, 5.41) is 8.90. The lowest BCUT2D eigenvalue weighted by Crippen LogP contribution is -2.45. The van der Waals surface area contributed by atoms with Crippen LogP contribution in [-0.2, 0) is 9.59 Å². The van der Waals surface area contributed by atoms with Crippen molar-refractivity contribution in [3.05, 3.63) is 29.3 Å². The normalized spacial score (nSPS) is 11.0. The molecule has 0 atom stereocenters. The number of halogens is 1. The molecule has 0 aliphatic rings. The van der Waals surface area contributed by atoms with Crippen LogP contribution in [-0.4, -0.2) is 30.4 Å². The van der Waals surface area contributed by atoms with E-state index in [1.807, 2.05) is 20.8 Å². The Balaban J connectivity index is 2.27. The van der Waals surface area contributed by atoms with Gasteiger partial charge in [0.05, 0.1) is 13.1 Å². The van der Waals surface area contributed by atoms with E-state index in [1.165, 1.54) is 0 Å². The summed E-state index contributed by atoms with van der Waals surface area (Å²) >= 11 is 5.75. The molecule has 5 nitrogen and oxygen atoms in total. The summed E-state index contributed by atoms with van der Waals surface area (Å²) < 4.78 is 0. The topological polar surface area (TPSA) is 70.2 Å². The average molecular weight is 298 g/mol. The zero-order valence-electron chi connectivity index (χ0n) is 11.9. The fourth-order valence-corrected chi connectivity index (χ4v) is 1.62. The Morgan fingerprint density at radius 3 is 2.15 bits per heavy atom. The van der Waals surface area contributed by atoms with E-state index in [-0.39, 0.29) is 30.4 Å². The molecule has 3 N–H and O–H groups in total. The van der Waals surface area contributed by atoms with Crippen molar-refractivity contribution in [3.63, 3.8) is 0 Å². The molecule has 0 radical (unpaired) electrons. The van der Waals surface area contributed by atoms with E-state index in [4.69, 9.17) is 11.6 Å². The second-order valence-corrected chi connectivity index (χ2v) is 5.89. The highest BCUT2D eigenvalue weighted by Gasteiger charge is 2.13. The molecule has 0 unspecified atom stereocenters. The minimum Gasteiger partial charge on any atom is -0.350 e. The third-order valence-corrected chi connectivity index (χ3v) is 2.47. The largest absolute Gasteiger partial charge is 0.350 e. The molecule has 0 heterocycles. The molecule has 6 heteroatoms. The van der Waals surface area contributed by atoms with Gasteiger partial charge in [-0.2, -0.15) is 0 Å². The quantitative estimate of drug-likeness (QED) is 0.776. The van der Waals surface area contributed by atoms with Gasteiger partial charge in [-0.15, -0.1) is 0 Å². The number of anilines is 1. The molecule has 2 amide bonds. The van der Waals surface area contributed by atoms with Crippen LogP contribution in [0, 0.1) is 0 Å². The van der Waals surface area contributed by atoms with Gasteiger partial charge >= 0.3 is 0 Å². The molecule has 0 aliphatic carbocycles. The third-order valence-electron chi connectivity index (χ3n) is 2.21. The van der Waals surface area contributed by atoms with Crippen molar-refractivity contribution >= 4 is 29.1 Å². The molecule has 0 fully saturated rings. The predicted molar refractivity (Wildman–Crippen MR) is 80.8 cm³/mol. The molecular weight excluding hydrogens is 278 g/mol. The Hall–Kier alpha value is -1.59. The summed E-state index contributed by atoms with van der Waals surface area (Å²) in [4.78, 5) is 23.1. The standard InChI is InChI=1S/C14H20ClN3O2/c1-14(2,3)18-13(20)9-16-8-12(19)17-11-6-4-10(15)5-7-11/h4-7,16H,8-9H2,1-3H3,(H,17,19)(H,18,20). The first-order chi connectivity index (χ1) is 9.26. The lowest BCUT2D eigenvalue weighted by Gasteiger charge is -2.20. The van der Waals surface area contributed by atoms with E-state index < -0.39 is 0 Å². The number of carbonyl (C=O) groups excluding carboxylic acids is 2. The third kappa shape index (κ3) is 7.11. The van der Waals surface area contributed by atoms with Crippen LogP contribution in [0.4, 0.5) is 5.69 Å². The van der Waals surface area contributed by atoms with Gasteiger partial charge in [0.15, 0.2) is 0 Å². The van der Waals surface area contributed by atoms with Crippen LogP contribution >= 0.6 is 11.6 Å². The second kappa shape index (κ2) is 7.26. The monoisotopic (exact) mass is 297 g/mol. The lowest BCUT2D eigenvalue weighted by atomic mass is 10.1. The van der Waals surface area contributed by atoms with Crippen molar-refractivity contribution in [3.8, 4) is 0 Å². The van der Waals surface area contributed by atoms with E-state index in [2.05, 4.69) is 16.0 Å². The van der Waals surface area contributed by atoms with Crippen molar-refractivity contribution in [1.29, 1.82) is 0 Å². The van der Waals surface area contributed by atoms with Crippen LogP contribution in [0.1, 0.15) is 20.8 Å². The molecule has 110 valence electrons. The second-order valence-electron chi connectivity index (χ2n) is 5.46. The molecule has 0 saturated heterocycles. The highest BCUT2D eigenvalue weighted by Crippen LogP contribution is 2.12. The Labute approximate surface area is 124 Å². The average Bonchev–Trinajstić information content (AvgIpc) is 2.29. The predicted octanol–water partition coefficient (Wildman–Crippen LogP) is 1.78. The van der Waals surface area contributed by atoms with Crippen LogP contribution in [0.3, 0.4) is 0 Å². The molecule has 0 saturated carbocycles. The van der Waals surface area contributed by atoms with Gasteiger partial charge in [-0.3, -0.25) is 14.9 Å². The smallest absolute Gasteiger partial charge is 0.238 e. The molecule has 1 rings (SSSR count). The van der Waals surface area contributed by atoms with Gasteiger partial charge in [-0.25, -0.2) is 0 Å². The van der Waals surface area contributed by atoms with E-state index in [9.17, 15) is 9.59 Å². The maximum absolute atomic E-state index is 11.6. The number of amides is 2. The highest BCUT2D eigenvalue weighted by atomic mass is 35.5. The first-order valence-electron chi connectivity index (χ1n) is 6.33. The van der Waals surface area contributed by atoms with E-state index in [1.54, 1.807) is 24.3 Å². The molecule has 1 aromatic rings. The first kappa shape index (κ1) is 16.5. The summed E-state index contributed by atoms with van der Waals surface area (Å²) in [5.41, 5.74) is 0.394. The number of rotatable bonds is 5. The minimum atomic E-state index is -0.273. The maximum Gasteiger partial charge on any atom is 0.238 e. The molecule has 0 aromatic heterocycles. The summed E-state index contributed by atoms with van der Waals surface area (Å²) in [6.07, 6.45) is 0. The van der Waals surface area contributed by atoms with E-state index >= 15 is 0 Å². The van der Waals surface area contributed by atoms with Gasteiger partial charge < -0.3 is 10.6 Å². The van der Waals surface area contributed by atoms with Crippen LogP contribution in [0.15, 0.2) is 24.3 Å². The van der Waals surface area contributed by atoms with Crippen molar-refractivity contribution in [2.45, 2.75) is 26.3 Å². The summed E-state index contributed by atoms with van der Waals surface area (Å²) in [7, 11) is 0. The zero-order valence-corrected chi connectivity index (χ0v) is 12.7. The molecule has 0 spiro atoms. The minimum absolute atomic E-state index is 0.0696. The molecule has 0 aliphatic heterocycles. The Morgan fingerprint density at radius 1 is 1.05 bits per heavy atom. The highest BCUT2D eigenvalue weighted by molar-refractivity contribution is 6.30. The molecule has 1 aromatic carbocycles. The lowest BCUT2D eigenvalue weighted by molar-refractivity contribution is -0.121. The van der Waals surface area contributed by atoms with E-state index in [0.29, 0.717) is 10.7 Å². The molecule has 0 bridgehead atoms.